The van der Waals surface area contributed by atoms with Crippen LogP contribution in [0.5, 0.6) is 0 Å². The summed E-state index contributed by atoms with van der Waals surface area (Å²) in [5.74, 6) is -0.807. The number of fused-ring (bicyclic) bond motifs is 1. The van der Waals surface area contributed by atoms with Crippen LogP contribution in [0, 0.1) is 6.92 Å². The number of anilines is 1. The first-order chi connectivity index (χ1) is 17.9. The Morgan fingerprint density at radius 1 is 1.00 bits per heavy atom. The second-order valence-corrected chi connectivity index (χ2v) is 8.70. The maximum absolute atomic E-state index is 14.0. The van der Waals surface area contributed by atoms with Gasteiger partial charge in [0.05, 0.1) is 12.1 Å². The van der Waals surface area contributed by atoms with Crippen molar-refractivity contribution >= 4 is 34.3 Å². The second kappa shape index (κ2) is 11.6. The molecule has 4 aromatic rings. The average Bonchev–Trinajstić information content (AvgIpc) is 3.30. The van der Waals surface area contributed by atoms with Gasteiger partial charge in [-0.2, -0.15) is 0 Å². The molecule has 0 aliphatic carbocycles. The number of hydrogen-bond acceptors (Lipinski definition) is 6. The van der Waals surface area contributed by atoms with Crippen molar-refractivity contribution in [1.82, 2.24) is 20.3 Å². The molecular formula is C28H29N5O4. The van der Waals surface area contributed by atoms with Gasteiger partial charge in [-0.15, -0.1) is 5.10 Å². The van der Waals surface area contributed by atoms with Crippen LogP contribution in [-0.2, 0) is 20.9 Å². The summed E-state index contributed by atoms with van der Waals surface area (Å²) in [6, 6.07) is 20.5. The van der Waals surface area contributed by atoms with Gasteiger partial charge in [0.1, 0.15) is 18.1 Å². The van der Waals surface area contributed by atoms with E-state index in [1.807, 2.05) is 55.5 Å². The van der Waals surface area contributed by atoms with E-state index in [-0.39, 0.29) is 30.7 Å². The van der Waals surface area contributed by atoms with Gasteiger partial charge in [-0.25, -0.2) is 4.68 Å². The number of ketones is 1. The predicted molar refractivity (Wildman–Crippen MR) is 140 cm³/mol. The van der Waals surface area contributed by atoms with E-state index < -0.39 is 6.04 Å². The van der Waals surface area contributed by atoms with E-state index in [4.69, 9.17) is 4.74 Å². The fourth-order valence-electron chi connectivity index (χ4n) is 4.07. The fourth-order valence-corrected chi connectivity index (χ4v) is 4.07. The Labute approximate surface area is 215 Å². The first-order valence-electron chi connectivity index (χ1n) is 11.9. The number of carbonyl (C=O) groups excluding carboxylic acids is 3. The molecule has 1 heterocycles. The molecule has 0 fully saturated rings. The lowest BCUT2D eigenvalue weighted by molar-refractivity contribution is -0.127. The molecule has 1 atom stereocenters. The molecule has 0 spiro atoms. The van der Waals surface area contributed by atoms with Gasteiger partial charge in [0.2, 0.25) is 11.8 Å². The van der Waals surface area contributed by atoms with Crippen molar-refractivity contribution in [3.05, 3.63) is 89.5 Å². The molecule has 0 bridgehead atoms. The third kappa shape index (κ3) is 5.90. The topological polar surface area (TPSA) is 106 Å². The average molecular weight is 500 g/mol. The van der Waals surface area contributed by atoms with Crippen LogP contribution in [0.3, 0.4) is 0 Å². The molecule has 3 aromatic carbocycles. The predicted octanol–water partition coefficient (Wildman–Crippen LogP) is 3.48. The van der Waals surface area contributed by atoms with E-state index in [1.54, 1.807) is 31.4 Å². The number of carbonyl (C=O) groups is 3. The molecule has 0 aliphatic heterocycles. The number of amides is 2. The molecule has 0 saturated heterocycles. The molecule has 0 aliphatic rings. The van der Waals surface area contributed by atoms with E-state index >= 15 is 0 Å². The number of methoxy groups -OCH3 is 1. The molecule has 190 valence electrons. The van der Waals surface area contributed by atoms with Crippen molar-refractivity contribution in [1.29, 1.82) is 0 Å². The summed E-state index contributed by atoms with van der Waals surface area (Å²) in [7, 11) is 1.55. The van der Waals surface area contributed by atoms with Crippen molar-refractivity contribution in [2.24, 2.45) is 0 Å². The molecule has 0 saturated carbocycles. The Bertz CT molecular complexity index is 1400. The normalized spacial score (nSPS) is 11.8. The van der Waals surface area contributed by atoms with E-state index in [0.717, 1.165) is 5.56 Å². The highest BCUT2D eigenvalue weighted by atomic mass is 16.5. The first kappa shape index (κ1) is 25.7. The lowest BCUT2D eigenvalue weighted by Gasteiger charge is -2.31. The van der Waals surface area contributed by atoms with Crippen LogP contribution in [0.25, 0.3) is 11.0 Å². The minimum absolute atomic E-state index is 0.0918. The van der Waals surface area contributed by atoms with Crippen LogP contribution >= 0.6 is 0 Å². The maximum Gasteiger partial charge on any atom is 0.249 e. The number of ether oxygens (including phenoxy) is 1. The molecule has 4 rings (SSSR count). The van der Waals surface area contributed by atoms with Crippen LogP contribution in [0.4, 0.5) is 5.69 Å². The number of hydrogen-bond donors (Lipinski definition) is 1. The van der Waals surface area contributed by atoms with Crippen LogP contribution in [-0.4, -0.2) is 52.9 Å². The Morgan fingerprint density at radius 3 is 2.38 bits per heavy atom. The molecule has 9 nitrogen and oxygen atoms in total. The van der Waals surface area contributed by atoms with Gasteiger partial charge < -0.3 is 10.1 Å². The van der Waals surface area contributed by atoms with Gasteiger partial charge in [-0.3, -0.25) is 19.3 Å². The highest BCUT2D eigenvalue weighted by Gasteiger charge is 2.33. The van der Waals surface area contributed by atoms with Crippen LogP contribution in [0.15, 0.2) is 72.8 Å². The van der Waals surface area contributed by atoms with Crippen LogP contribution in [0.1, 0.15) is 34.5 Å². The SMILES string of the molecule is COCCNC(=O)[C@H](c1ccc(C)cc1)N(C(=O)Cn1nnc2ccccc21)c1ccc(C(C)=O)cc1. The van der Waals surface area contributed by atoms with Gasteiger partial charge in [-0.05, 0) is 55.8 Å². The molecule has 1 aromatic heterocycles. The molecule has 1 N–H and O–H groups in total. The van der Waals surface area contributed by atoms with Crippen molar-refractivity contribution in [2.45, 2.75) is 26.4 Å². The summed E-state index contributed by atoms with van der Waals surface area (Å²) in [6.07, 6.45) is 0. The lowest BCUT2D eigenvalue weighted by Crippen LogP contribution is -2.46. The second-order valence-electron chi connectivity index (χ2n) is 8.70. The van der Waals surface area contributed by atoms with Crippen LogP contribution in [0.2, 0.25) is 0 Å². The van der Waals surface area contributed by atoms with Gasteiger partial charge in [0.25, 0.3) is 0 Å². The van der Waals surface area contributed by atoms with Gasteiger partial charge in [0.15, 0.2) is 5.78 Å². The zero-order valence-corrected chi connectivity index (χ0v) is 21.0. The van der Waals surface area contributed by atoms with Gasteiger partial charge in [0, 0.05) is 24.9 Å². The Balaban J connectivity index is 1.78. The Morgan fingerprint density at radius 2 is 1.70 bits per heavy atom. The molecule has 9 heteroatoms. The first-order valence-corrected chi connectivity index (χ1v) is 11.9. The summed E-state index contributed by atoms with van der Waals surface area (Å²) < 4.78 is 6.60. The number of Topliss-reactive ketones (excluding diaryl/α,β-unsaturated/α-hetero) is 1. The van der Waals surface area contributed by atoms with Crippen molar-refractivity contribution in [3.8, 4) is 0 Å². The molecule has 0 unspecified atom stereocenters. The number of aryl methyl sites for hydroxylation is 1. The molecule has 2 amide bonds. The Kier molecular flexibility index (Phi) is 8.05. The number of nitrogens with one attached hydrogen (secondary N) is 1. The highest BCUT2D eigenvalue weighted by molar-refractivity contribution is 6.02. The summed E-state index contributed by atoms with van der Waals surface area (Å²) in [4.78, 5) is 40.8. The highest BCUT2D eigenvalue weighted by Crippen LogP contribution is 2.29. The largest absolute Gasteiger partial charge is 0.383 e. The number of nitrogens with zero attached hydrogens (tertiary/aromatic N) is 4. The van der Waals surface area contributed by atoms with E-state index in [9.17, 15) is 14.4 Å². The van der Waals surface area contributed by atoms with Crippen molar-refractivity contribution in [2.75, 3.05) is 25.2 Å². The van der Waals surface area contributed by atoms with Crippen molar-refractivity contribution < 1.29 is 19.1 Å². The monoisotopic (exact) mass is 499 g/mol. The Hall–Kier alpha value is -4.37. The number of rotatable bonds is 10. The third-order valence-corrected chi connectivity index (χ3v) is 6.03. The minimum Gasteiger partial charge on any atom is -0.383 e. The zero-order chi connectivity index (χ0) is 26.4. The standard InChI is InChI=1S/C28H29N5O4/c1-19-8-10-22(11-9-19)27(28(36)29-16-17-37-3)33(23-14-12-21(13-15-23)20(2)34)26(35)18-32-25-7-5-4-6-24(25)30-31-32/h4-15,27H,16-18H2,1-3H3,(H,29,36)/t27-/m0/s1. The van der Waals surface area contributed by atoms with E-state index in [2.05, 4.69) is 15.6 Å². The van der Waals surface area contributed by atoms with Gasteiger partial charge >= 0.3 is 0 Å². The van der Waals surface area contributed by atoms with Gasteiger partial charge in [-0.1, -0.05) is 47.2 Å². The summed E-state index contributed by atoms with van der Waals surface area (Å²) in [5, 5.41) is 11.2. The minimum atomic E-state index is -0.970. The summed E-state index contributed by atoms with van der Waals surface area (Å²) in [6.45, 7) is 3.92. The van der Waals surface area contributed by atoms with Crippen LogP contribution < -0.4 is 10.2 Å². The summed E-state index contributed by atoms with van der Waals surface area (Å²) >= 11 is 0. The molecular weight excluding hydrogens is 470 g/mol. The molecule has 37 heavy (non-hydrogen) atoms. The lowest BCUT2D eigenvalue weighted by atomic mass is 10.0. The number of benzene rings is 3. The van der Waals surface area contributed by atoms with E-state index in [0.29, 0.717) is 34.5 Å². The number of aromatic nitrogens is 3. The smallest absolute Gasteiger partial charge is 0.249 e. The zero-order valence-electron chi connectivity index (χ0n) is 21.0. The molecule has 0 radical (unpaired) electrons. The number of para-hydroxylation sites is 1. The van der Waals surface area contributed by atoms with Crippen molar-refractivity contribution in [3.63, 3.8) is 0 Å². The maximum atomic E-state index is 14.0. The third-order valence-electron chi connectivity index (χ3n) is 6.03. The summed E-state index contributed by atoms with van der Waals surface area (Å²) in [5.41, 5.74) is 4.04. The van der Waals surface area contributed by atoms with E-state index in [1.165, 1.54) is 16.5 Å². The fraction of sp³-hybridized carbons (Fsp3) is 0.250. The quantitative estimate of drug-likeness (QED) is 0.265.